The molecule has 0 aliphatic heterocycles. The first-order chi connectivity index (χ1) is 14.6. The average Bonchev–Trinajstić information content (AvgIpc) is 3.22. The molecule has 5 nitrogen and oxygen atoms in total. The second kappa shape index (κ2) is 8.41. The maximum Gasteiger partial charge on any atom is 0.270 e. The molecule has 2 aromatic heterocycles. The minimum atomic E-state index is -0.260. The van der Waals surface area contributed by atoms with E-state index >= 15 is 0 Å². The molecule has 2 aromatic carbocycles. The highest BCUT2D eigenvalue weighted by atomic mass is 16.2. The zero-order valence-corrected chi connectivity index (χ0v) is 17.2. The van der Waals surface area contributed by atoms with Crippen molar-refractivity contribution in [1.29, 1.82) is 0 Å². The van der Waals surface area contributed by atoms with Crippen molar-refractivity contribution in [3.8, 4) is 11.1 Å². The molecule has 1 amide bonds. The number of benzene rings is 2. The summed E-state index contributed by atoms with van der Waals surface area (Å²) in [5, 5.41) is 3.74. The van der Waals surface area contributed by atoms with Gasteiger partial charge in [-0.05, 0) is 23.1 Å². The lowest BCUT2D eigenvalue weighted by Gasteiger charge is -2.18. The summed E-state index contributed by atoms with van der Waals surface area (Å²) >= 11 is 0. The van der Waals surface area contributed by atoms with Crippen molar-refractivity contribution in [3.05, 3.63) is 94.5 Å². The number of rotatable bonds is 6. The monoisotopic (exact) mass is 399 g/mol. The second-order valence-electron chi connectivity index (χ2n) is 7.83. The van der Waals surface area contributed by atoms with E-state index < -0.39 is 0 Å². The van der Waals surface area contributed by atoms with Crippen LogP contribution >= 0.6 is 0 Å². The highest BCUT2D eigenvalue weighted by Gasteiger charge is 2.23. The Balaban J connectivity index is 1.85. The van der Waals surface area contributed by atoms with Crippen LogP contribution in [-0.4, -0.2) is 15.5 Å². The van der Waals surface area contributed by atoms with Crippen LogP contribution in [0.1, 0.15) is 29.9 Å². The summed E-state index contributed by atoms with van der Waals surface area (Å²) < 4.78 is 1.62. The smallest absolute Gasteiger partial charge is 0.270 e. The van der Waals surface area contributed by atoms with Crippen LogP contribution in [0.25, 0.3) is 22.0 Å². The van der Waals surface area contributed by atoms with E-state index in [1.807, 2.05) is 80.6 Å². The number of hydrogen-bond donors (Lipinski definition) is 2. The fourth-order valence-corrected chi connectivity index (χ4v) is 3.78. The van der Waals surface area contributed by atoms with Crippen LogP contribution in [0.5, 0.6) is 0 Å². The van der Waals surface area contributed by atoms with Crippen LogP contribution in [0.2, 0.25) is 0 Å². The number of carbonyl (C=O) groups is 1. The summed E-state index contributed by atoms with van der Waals surface area (Å²) in [6.07, 6.45) is 1.78. The van der Waals surface area contributed by atoms with E-state index in [9.17, 15) is 9.59 Å². The van der Waals surface area contributed by atoms with Crippen molar-refractivity contribution in [2.24, 2.45) is 5.92 Å². The van der Waals surface area contributed by atoms with Gasteiger partial charge in [0.25, 0.3) is 11.5 Å². The van der Waals surface area contributed by atoms with Gasteiger partial charge in [0.05, 0.1) is 11.1 Å². The average molecular weight is 399 g/mol. The van der Waals surface area contributed by atoms with E-state index in [1.165, 1.54) is 0 Å². The van der Waals surface area contributed by atoms with E-state index in [4.69, 9.17) is 0 Å². The van der Waals surface area contributed by atoms with E-state index in [0.717, 1.165) is 16.5 Å². The van der Waals surface area contributed by atoms with Gasteiger partial charge >= 0.3 is 0 Å². The minimum absolute atomic E-state index is 0.146. The number of aromatic nitrogens is 2. The number of pyridine rings is 1. The number of hydrogen-bond acceptors (Lipinski definition) is 2. The van der Waals surface area contributed by atoms with Crippen molar-refractivity contribution < 1.29 is 4.79 Å². The summed E-state index contributed by atoms with van der Waals surface area (Å²) in [6, 6.07) is 21.2. The molecule has 2 heterocycles. The molecule has 152 valence electrons. The van der Waals surface area contributed by atoms with Gasteiger partial charge in [-0.15, -0.1) is 0 Å². The van der Waals surface area contributed by atoms with Gasteiger partial charge in [0.15, 0.2) is 0 Å². The number of fused-ring (bicyclic) bond motifs is 1. The zero-order chi connectivity index (χ0) is 21.1. The molecule has 4 rings (SSSR count). The second-order valence-corrected chi connectivity index (χ2v) is 7.83. The summed E-state index contributed by atoms with van der Waals surface area (Å²) in [5.41, 5.74) is 3.39. The van der Waals surface area contributed by atoms with Gasteiger partial charge in [0.1, 0.15) is 5.69 Å². The van der Waals surface area contributed by atoms with Crippen LogP contribution < -0.4 is 10.9 Å². The minimum Gasteiger partial charge on any atom is -0.359 e. The normalized spacial score (nSPS) is 11.2. The van der Waals surface area contributed by atoms with Crippen molar-refractivity contribution >= 4 is 16.8 Å². The van der Waals surface area contributed by atoms with Crippen molar-refractivity contribution in [3.63, 3.8) is 0 Å². The summed E-state index contributed by atoms with van der Waals surface area (Å²) in [5.74, 6) is -0.0527. The van der Waals surface area contributed by atoms with Crippen molar-refractivity contribution in [1.82, 2.24) is 14.9 Å². The maximum absolute atomic E-state index is 13.6. The van der Waals surface area contributed by atoms with Gasteiger partial charge in [-0.2, -0.15) is 0 Å². The van der Waals surface area contributed by atoms with Crippen LogP contribution in [-0.2, 0) is 13.1 Å². The molecule has 0 bridgehead atoms. The number of carbonyl (C=O) groups excluding carboxylic acids is 1. The van der Waals surface area contributed by atoms with Crippen molar-refractivity contribution in [2.75, 3.05) is 0 Å². The van der Waals surface area contributed by atoms with Gasteiger partial charge in [0.2, 0.25) is 0 Å². The molecule has 2 N–H and O–H groups in total. The molecular weight excluding hydrogens is 374 g/mol. The molecule has 0 spiro atoms. The summed E-state index contributed by atoms with van der Waals surface area (Å²) in [7, 11) is 0. The first-order valence-electron chi connectivity index (χ1n) is 10.2. The number of nitrogens with zero attached hydrogens (tertiary/aromatic N) is 1. The van der Waals surface area contributed by atoms with Gasteiger partial charge in [-0.1, -0.05) is 74.5 Å². The Bertz CT molecular complexity index is 1220. The predicted octanol–water partition coefficient (Wildman–Crippen LogP) is 4.58. The van der Waals surface area contributed by atoms with Crippen LogP contribution in [0.3, 0.4) is 0 Å². The Morgan fingerprint density at radius 2 is 1.67 bits per heavy atom. The third-order valence-corrected chi connectivity index (χ3v) is 5.10. The fourth-order valence-electron chi connectivity index (χ4n) is 3.78. The number of H-pyrrole nitrogens is 1. The van der Waals surface area contributed by atoms with Crippen LogP contribution in [0.15, 0.2) is 77.7 Å². The number of amides is 1. The lowest BCUT2D eigenvalue weighted by Crippen LogP contribution is -2.34. The van der Waals surface area contributed by atoms with E-state index in [-0.39, 0.29) is 17.4 Å². The lowest BCUT2D eigenvalue weighted by molar-refractivity contribution is 0.0941. The van der Waals surface area contributed by atoms with E-state index in [0.29, 0.717) is 29.9 Å². The van der Waals surface area contributed by atoms with Gasteiger partial charge in [0, 0.05) is 24.7 Å². The number of nitrogens with one attached hydrogen (secondary N) is 2. The maximum atomic E-state index is 13.6. The van der Waals surface area contributed by atoms with Crippen LogP contribution in [0.4, 0.5) is 0 Å². The molecule has 0 aliphatic carbocycles. The van der Waals surface area contributed by atoms with E-state index in [2.05, 4.69) is 10.3 Å². The highest BCUT2D eigenvalue weighted by molar-refractivity contribution is 6.08. The zero-order valence-electron chi connectivity index (χ0n) is 17.2. The highest BCUT2D eigenvalue weighted by Crippen LogP contribution is 2.27. The fraction of sp³-hybridized carbons (Fsp3) is 0.200. The first kappa shape index (κ1) is 19.7. The summed E-state index contributed by atoms with van der Waals surface area (Å²) in [4.78, 5) is 30.0. The third-order valence-electron chi connectivity index (χ3n) is 5.10. The lowest BCUT2D eigenvalue weighted by atomic mass is 10.0. The third kappa shape index (κ3) is 3.79. The quantitative estimate of drug-likeness (QED) is 0.498. The SMILES string of the molecule is CC(C)Cn1c(C(=O)NCc2ccccc2)c2[nH]ccc2c(-c2ccccc2)c1=O. The predicted molar refractivity (Wildman–Crippen MR) is 120 cm³/mol. The number of aromatic amines is 1. The molecule has 0 saturated carbocycles. The Morgan fingerprint density at radius 3 is 2.33 bits per heavy atom. The van der Waals surface area contributed by atoms with Gasteiger partial charge in [-0.3, -0.25) is 9.59 Å². The van der Waals surface area contributed by atoms with Crippen molar-refractivity contribution in [2.45, 2.75) is 26.9 Å². The Kier molecular flexibility index (Phi) is 5.53. The molecule has 4 aromatic rings. The molecule has 0 aliphatic rings. The Hall–Kier alpha value is -3.60. The Labute approximate surface area is 175 Å². The molecule has 30 heavy (non-hydrogen) atoms. The molecule has 0 radical (unpaired) electrons. The molecule has 0 atom stereocenters. The molecule has 5 heteroatoms. The molecular formula is C25H25N3O2. The largest absolute Gasteiger partial charge is 0.359 e. The molecule has 0 saturated heterocycles. The molecule has 0 fully saturated rings. The standard InChI is InChI=1S/C25H25N3O2/c1-17(2)16-28-23(24(29)27-15-18-9-5-3-6-10-18)22-20(13-14-26-22)21(25(28)30)19-11-7-4-8-12-19/h3-14,17,26H,15-16H2,1-2H3,(H,27,29). The topological polar surface area (TPSA) is 66.9 Å². The summed E-state index contributed by atoms with van der Waals surface area (Å²) in [6.45, 7) is 4.94. The Morgan fingerprint density at radius 1 is 1.00 bits per heavy atom. The van der Waals surface area contributed by atoms with Crippen LogP contribution in [0, 0.1) is 5.92 Å². The van der Waals surface area contributed by atoms with Gasteiger partial charge in [-0.25, -0.2) is 0 Å². The first-order valence-corrected chi connectivity index (χ1v) is 10.2. The van der Waals surface area contributed by atoms with Gasteiger partial charge < -0.3 is 14.9 Å². The molecule has 0 unspecified atom stereocenters. The van der Waals surface area contributed by atoms with E-state index in [1.54, 1.807) is 10.8 Å².